The van der Waals surface area contributed by atoms with Gasteiger partial charge in [-0.3, -0.25) is 29.4 Å². The van der Waals surface area contributed by atoms with Crippen LogP contribution in [0.25, 0.3) is 10.8 Å². The number of nitrogens with one attached hydrogen (secondary N) is 3. The van der Waals surface area contributed by atoms with Crippen molar-refractivity contribution in [2.75, 3.05) is 39.8 Å². The van der Waals surface area contributed by atoms with Gasteiger partial charge in [-0.2, -0.15) is 0 Å². The van der Waals surface area contributed by atoms with E-state index in [9.17, 15) is 33.6 Å². The number of nitrogens with zero attached hydrogens (tertiary/aromatic N) is 4. The Morgan fingerprint density at radius 1 is 0.840 bits per heavy atom. The number of ether oxygens (including phenoxy) is 1. The highest BCUT2D eigenvalue weighted by molar-refractivity contribution is 5.99. The minimum Gasteiger partial charge on any atom is -0.444 e. The molecule has 3 rings (SSSR count). The van der Waals surface area contributed by atoms with E-state index < -0.39 is 65.9 Å². The summed E-state index contributed by atoms with van der Waals surface area (Å²) < 4.78 is 5.36. The van der Waals surface area contributed by atoms with E-state index in [-0.39, 0.29) is 32.7 Å². The second kappa shape index (κ2) is 17.1. The van der Waals surface area contributed by atoms with Crippen molar-refractivity contribution >= 4 is 52.4 Å². The van der Waals surface area contributed by atoms with Gasteiger partial charge >= 0.3 is 12.1 Å². The zero-order valence-electron chi connectivity index (χ0n) is 29.2. The molecule has 8 amide bonds. The van der Waals surface area contributed by atoms with E-state index in [1.54, 1.807) is 27.8 Å². The third-order valence-corrected chi connectivity index (χ3v) is 7.56. The van der Waals surface area contributed by atoms with Crippen molar-refractivity contribution in [3.8, 4) is 0 Å². The van der Waals surface area contributed by atoms with E-state index in [2.05, 4.69) is 16.1 Å². The third kappa shape index (κ3) is 11.5. The third-order valence-electron chi connectivity index (χ3n) is 7.56. The SMILES string of the molecule is C[C@H](NC(=O)[C@@H](C)NC(=O)N1CCN(C(=O)OC(C)(C)C)CC1)C(=O)NN(CC(N)=O)C(=O)/C=C/C(=O)N(C)Cc1cccc2ccccc12. The van der Waals surface area contributed by atoms with Gasteiger partial charge in [0, 0.05) is 51.9 Å². The van der Waals surface area contributed by atoms with Crippen molar-refractivity contribution in [1.82, 2.24) is 35.8 Å². The van der Waals surface area contributed by atoms with Gasteiger partial charge in [-0.1, -0.05) is 42.5 Å². The Balaban J connectivity index is 1.50. The van der Waals surface area contributed by atoms with Crippen LogP contribution >= 0.6 is 0 Å². The van der Waals surface area contributed by atoms with Crippen molar-refractivity contribution < 1.29 is 38.3 Å². The number of benzene rings is 2. The Morgan fingerprint density at radius 3 is 2.06 bits per heavy atom. The van der Waals surface area contributed by atoms with Crippen molar-refractivity contribution in [3.05, 3.63) is 60.2 Å². The molecule has 5 N–H and O–H groups in total. The van der Waals surface area contributed by atoms with E-state index in [0.29, 0.717) is 5.01 Å². The van der Waals surface area contributed by atoms with Crippen molar-refractivity contribution in [2.24, 2.45) is 5.73 Å². The van der Waals surface area contributed by atoms with Gasteiger partial charge in [0.05, 0.1) is 0 Å². The summed E-state index contributed by atoms with van der Waals surface area (Å²) in [5.74, 6) is -3.90. The number of likely N-dealkylation sites (N-methyl/N-ethyl adjacent to an activating group) is 1. The first-order valence-corrected chi connectivity index (χ1v) is 16.1. The topological polar surface area (TPSA) is 204 Å². The Kier molecular flexibility index (Phi) is 13.3. The summed E-state index contributed by atoms with van der Waals surface area (Å²) in [6, 6.07) is 10.7. The number of amides is 8. The van der Waals surface area contributed by atoms with Gasteiger partial charge in [0.1, 0.15) is 24.2 Å². The Labute approximate surface area is 290 Å². The number of urea groups is 1. The molecule has 0 aromatic heterocycles. The molecule has 0 unspecified atom stereocenters. The summed E-state index contributed by atoms with van der Waals surface area (Å²) in [6.45, 7) is 8.58. The van der Waals surface area contributed by atoms with E-state index >= 15 is 0 Å². The lowest BCUT2D eigenvalue weighted by atomic mass is 10.0. The zero-order chi connectivity index (χ0) is 37.2. The van der Waals surface area contributed by atoms with Gasteiger partial charge < -0.3 is 35.8 Å². The first-order valence-electron chi connectivity index (χ1n) is 16.1. The normalized spacial score (nSPS) is 14.4. The highest BCUT2D eigenvalue weighted by atomic mass is 16.6. The molecule has 50 heavy (non-hydrogen) atoms. The van der Waals surface area contributed by atoms with Crippen LogP contribution in [0.3, 0.4) is 0 Å². The number of piperazine rings is 1. The van der Waals surface area contributed by atoms with Crippen LogP contribution in [0.5, 0.6) is 0 Å². The maximum absolute atomic E-state index is 12.9. The molecule has 1 aliphatic rings. The summed E-state index contributed by atoms with van der Waals surface area (Å²) in [6.07, 6.45) is 1.44. The molecule has 270 valence electrons. The van der Waals surface area contributed by atoms with Gasteiger partial charge in [0.2, 0.25) is 17.7 Å². The van der Waals surface area contributed by atoms with E-state index in [0.717, 1.165) is 28.5 Å². The Morgan fingerprint density at radius 2 is 1.42 bits per heavy atom. The van der Waals surface area contributed by atoms with Crippen LogP contribution in [0.1, 0.15) is 40.2 Å². The quantitative estimate of drug-likeness (QED) is 0.207. The maximum atomic E-state index is 12.9. The zero-order valence-corrected chi connectivity index (χ0v) is 29.2. The standard InChI is InChI=1S/C34H46N8O8/c1-22(37-32(48)40-16-18-41(19-17-40)33(49)50-34(3,4)5)30(46)36-23(2)31(47)38-42(21-27(35)43)29(45)15-14-28(44)39(6)20-25-12-9-11-24-10-7-8-13-26(24)25/h7-15,22-23H,16-21H2,1-6H3,(H2,35,43)(H,36,46)(H,37,48)(H,38,47)/b15-14+/t22-,23+/m1/s1. The van der Waals surface area contributed by atoms with Gasteiger partial charge in [-0.05, 0) is 51.0 Å². The summed E-state index contributed by atoms with van der Waals surface area (Å²) >= 11 is 0. The van der Waals surface area contributed by atoms with Crippen molar-refractivity contribution in [3.63, 3.8) is 0 Å². The number of primary amides is 1. The molecular formula is C34H46N8O8. The lowest BCUT2D eigenvalue weighted by Crippen LogP contribution is -2.58. The molecule has 16 heteroatoms. The average molecular weight is 695 g/mol. The number of nitrogens with two attached hydrogens (primary N) is 1. The highest BCUT2D eigenvalue weighted by Crippen LogP contribution is 2.20. The summed E-state index contributed by atoms with van der Waals surface area (Å²) in [5.41, 5.74) is 7.77. The van der Waals surface area contributed by atoms with Crippen LogP contribution < -0.4 is 21.8 Å². The van der Waals surface area contributed by atoms with E-state index in [1.165, 1.54) is 28.5 Å². The molecule has 2 aromatic carbocycles. The predicted molar refractivity (Wildman–Crippen MR) is 184 cm³/mol. The summed E-state index contributed by atoms with van der Waals surface area (Å²) in [5, 5.41) is 7.64. The smallest absolute Gasteiger partial charge is 0.410 e. The lowest BCUT2D eigenvalue weighted by molar-refractivity contribution is -0.142. The number of hydrogen-bond donors (Lipinski definition) is 4. The first-order chi connectivity index (χ1) is 23.4. The number of hydrogen-bond acceptors (Lipinski definition) is 8. The van der Waals surface area contributed by atoms with E-state index in [1.807, 2.05) is 42.5 Å². The van der Waals surface area contributed by atoms with Crippen LogP contribution in [0.2, 0.25) is 0 Å². The van der Waals surface area contributed by atoms with Gasteiger partial charge in [-0.15, -0.1) is 0 Å². The van der Waals surface area contributed by atoms with Gasteiger partial charge in [0.25, 0.3) is 11.8 Å². The van der Waals surface area contributed by atoms with Crippen LogP contribution in [0.4, 0.5) is 9.59 Å². The number of fused-ring (bicyclic) bond motifs is 1. The largest absolute Gasteiger partial charge is 0.444 e. The minimum absolute atomic E-state index is 0.225. The molecule has 1 fully saturated rings. The molecule has 0 aliphatic carbocycles. The predicted octanol–water partition coefficient (Wildman–Crippen LogP) is 0.855. The monoisotopic (exact) mass is 694 g/mol. The minimum atomic E-state index is -1.21. The molecule has 1 heterocycles. The van der Waals surface area contributed by atoms with Gasteiger partial charge in [-0.25, -0.2) is 14.6 Å². The second-order valence-corrected chi connectivity index (χ2v) is 12.9. The fourth-order valence-electron chi connectivity index (χ4n) is 4.85. The summed E-state index contributed by atoms with van der Waals surface area (Å²) in [4.78, 5) is 92.4. The average Bonchev–Trinajstić information content (AvgIpc) is 3.05. The molecule has 2 aromatic rings. The van der Waals surface area contributed by atoms with Crippen LogP contribution in [0, 0.1) is 0 Å². The fraction of sp³-hybridized carbons (Fsp3) is 0.441. The van der Waals surface area contributed by atoms with Crippen molar-refractivity contribution in [2.45, 2.75) is 58.8 Å². The Bertz CT molecular complexity index is 1630. The number of rotatable bonds is 10. The fourth-order valence-corrected chi connectivity index (χ4v) is 4.85. The lowest BCUT2D eigenvalue weighted by Gasteiger charge is -2.36. The Hall–Kier alpha value is -5.67. The molecule has 1 saturated heterocycles. The molecular weight excluding hydrogens is 648 g/mol. The number of hydrazine groups is 1. The second-order valence-electron chi connectivity index (χ2n) is 12.9. The molecule has 0 radical (unpaired) electrons. The molecule has 0 saturated carbocycles. The molecule has 0 bridgehead atoms. The number of carbonyl (C=O) groups excluding carboxylic acids is 7. The first kappa shape index (κ1) is 38.8. The maximum Gasteiger partial charge on any atom is 0.410 e. The van der Waals surface area contributed by atoms with E-state index in [4.69, 9.17) is 10.5 Å². The summed E-state index contributed by atoms with van der Waals surface area (Å²) in [7, 11) is 1.57. The molecule has 16 nitrogen and oxygen atoms in total. The van der Waals surface area contributed by atoms with Crippen LogP contribution in [-0.4, -0.2) is 119 Å². The number of carbonyl (C=O) groups is 7. The van der Waals surface area contributed by atoms with Crippen LogP contribution in [0.15, 0.2) is 54.6 Å². The van der Waals surface area contributed by atoms with Crippen molar-refractivity contribution in [1.29, 1.82) is 0 Å². The molecule has 2 atom stereocenters. The molecule has 1 aliphatic heterocycles. The van der Waals surface area contributed by atoms with Gasteiger partial charge in [0.15, 0.2) is 0 Å². The van der Waals surface area contributed by atoms with Crippen LogP contribution in [-0.2, 0) is 35.3 Å². The highest BCUT2D eigenvalue weighted by Gasteiger charge is 2.30. The molecule has 0 spiro atoms.